The number of carbonyl (C=O) groups excluding carboxylic acids is 1. The highest BCUT2D eigenvalue weighted by atomic mass is 32.1. The lowest BCUT2D eigenvalue weighted by Gasteiger charge is -2.07. The molecule has 2 aromatic heterocycles. The van der Waals surface area contributed by atoms with E-state index in [2.05, 4.69) is 26.7 Å². The van der Waals surface area contributed by atoms with Gasteiger partial charge in [0, 0.05) is 37.6 Å². The highest BCUT2D eigenvalue weighted by Crippen LogP contribution is 2.24. The largest absolute Gasteiger partial charge is 0.360 e. The number of rotatable bonds is 7. The number of amides is 1. The van der Waals surface area contributed by atoms with Crippen LogP contribution < -0.4 is 10.6 Å². The van der Waals surface area contributed by atoms with E-state index in [0.717, 1.165) is 27.5 Å². The number of para-hydroxylation sites is 1. The summed E-state index contributed by atoms with van der Waals surface area (Å²) in [6.07, 6.45) is 5.45. The fourth-order valence-corrected chi connectivity index (χ4v) is 3.64. The summed E-state index contributed by atoms with van der Waals surface area (Å²) in [7, 11) is 0. The third-order valence-corrected chi connectivity index (χ3v) is 5.12. The van der Waals surface area contributed by atoms with Crippen LogP contribution in [0.1, 0.15) is 15.9 Å². The summed E-state index contributed by atoms with van der Waals surface area (Å²) >= 11 is 1.61. The molecule has 0 atom stereocenters. The van der Waals surface area contributed by atoms with Gasteiger partial charge in [0.25, 0.3) is 5.91 Å². The standard InChI is InChI=1S/C20H19N5OS/c26-19(16-7-5-15(6-8-16)13-25-12-11-21-14-25)22-9-10-23-20-24-17-3-1-2-4-18(17)27-20/h1-8,11-12,14H,9-10,13H2,(H,22,26)(H,23,24). The Kier molecular flexibility index (Phi) is 5.11. The number of fused-ring (bicyclic) bond motifs is 1. The van der Waals surface area contributed by atoms with Gasteiger partial charge >= 0.3 is 0 Å². The van der Waals surface area contributed by atoms with Gasteiger partial charge in [-0.25, -0.2) is 9.97 Å². The summed E-state index contributed by atoms with van der Waals surface area (Å²) in [6, 6.07) is 15.7. The average molecular weight is 377 g/mol. The van der Waals surface area contributed by atoms with Crippen LogP contribution in [0, 0.1) is 0 Å². The number of carbonyl (C=O) groups is 1. The van der Waals surface area contributed by atoms with Crippen LogP contribution in [0.2, 0.25) is 0 Å². The summed E-state index contributed by atoms with van der Waals surface area (Å²) in [5.41, 5.74) is 2.77. The summed E-state index contributed by atoms with van der Waals surface area (Å²) < 4.78 is 3.14. The smallest absolute Gasteiger partial charge is 0.251 e. The molecular weight excluding hydrogens is 358 g/mol. The molecule has 0 fully saturated rings. The van der Waals surface area contributed by atoms with Crippen molar-refractivity contribution in [2.75, 3.05) is 18.4 Å². The predicted octanol–water partition coefficient (Wildman–Crippen LogP) is 3.38. The average Bonchev–Trinajstić information content (AvgIpc) is 3.34. The Hall–Kier alpha value is -3.19. The van der Waals surface area contributed by atoms with Crippen molar-refractivity contribution in [2.45, 2.75) is 6.54 Å². The number of imidazole rings is 1. The van der Waals surface area contributed by atoms with E-state index in [1.807, 2.05) is 53.2 Å². The van der Waals surface area contributed by atoms with Crippen molar-refractivity contribution in [2.24, 2.45) is 0 Å². The molecule has 2 aromatic carbocycles. The minimum absolute atomic E-state index is 0.0738. The lowest BCUT2D eigenvalue weighted by molar-refractivity contribution is 0.0955. The van der Waals surface area contributed by atoms with Gasteiger partial charge in [0.15, 0.2) is 5.13 Å². The molecule has 1 amide bonds. The molecule has 0 aliphatic rings. The monoisotopic (exact) mass is 377 g/mol. The Morgan fingerprint density at radius 1 is 1.07 bits per heavy atom. The minimum atomic E-state index is -0.0738. The highest BCUT2D eigenvalue weighted by Gasteiger charge is 2.06. The van der Waals surface area contributed by atoms with Gasteiger partial charge in [-0.15, -0.1) is 0 Å². The molecule has 0 bridgehead atoms. The second-order valence-corrected chi connectivity index (χ2v) is 7.13. The van der Waals surface area contributed by atoms with E-state index in [1.54, 1.807) is 23.9 Å². The number of nitrogens with one attached hydrogen (secondary N) is 2. The van der Waals surface area contributed by atoms with Gasteiger partial charge in [0.1, 0.15) is 0 Å². The normalized spacial score (nSPS) is 10.8. The van der Waals surface area contributed by atoms with Crippen molar-refractivity contribution in [3.05, 3.63) is 78.4 Å². The number of hydrogen-bond acceptors (Lipinski definition) is 5. The summed E-state index contributed by atoms with van der Waals surface area (Å²) in [6.45, 7) is 1.91. The van der Waals surface area contributed by atoms with E-state index < -0.39 is 0 Å². The number of hydrogen-bond donors (Lipinski definition) is 2. The zero-order valence-corrected chi connectivity index (χ0v) is 15.4. The Morgan fingerprint density at radius 3 is 2.70 bits per heavy atom. The van der Waals surface area contributed by atoms with Gasteiger partial charge in [-0.05, 0) is 29.8 Å². The van der Waals surface area contributed by atoms with Gasteiger partial charge in [-0.1, -0.05) is 35.6 Å². The third kappa shape index (κ3) is 4.32. The summed E-state index contributed by atoms with van der Waals surface area (Å²) in [5, 5.41) is 7.06. The van der Waals surface area contributed by atoms with Crippen LogP contribution in [0.5, 0.6) is 0 Å². The van der Waals surface area contributed by atoms with Crippen molar-refractivity contribution >= 4 is 32.6 Å². The molecule has 136 valence electrons. The molecule has 2 N–H and O–H groups in total. The quantitative estimate of drug-likeness (QED) is 0.484. The molecular formula is C20H19N5OS. The molecule has 0 unspecified atom stereocenters. The second-order valence-electron chi connectivity index (χ2n) is 6.10. The fraction of sp³-hybridized carbons (Fsp3) is 0.150. The van der Waals surface area contributed by atoms with Crippen LogP contribution >= 0.6 is 11.3 Å². The molecule has 27 heavy (non-hydrogen) atoms. The molecule has 0 saturated heterocycles. The maximum atomic E-state index is 12.3. The van der Waals surface area contributed by atoms with Crippen LogP contribution in [0.15, 0.2) is 67.3 Å². The molecule has 4 aromatic rings. The SMILES string of the molecule is O=C(NCCNc1nc2ccccc2s1)c1ccc(Cn2ccnc2)cc1. The topological polar surface area (TPSA) is 71.8 Å². The molecule has 0 saturated carbocycles. The second kappa shape index (κ2) is 8.01. The first-order chi connectivity index (χ1) is 13.3. The molecule has 0 aliphatic carbocycles. The first-order valence-electron chi connectivity index (χ1n) is 8.70. The number of nitrogens with zero attached hydrogens (tertiary/aromatic N) is 3. The number of thiazole rings is 1. The summed E-state index contributed by atoms with van der Waals surface area (Å²) in [5.74, 6) is -0.0738. The van der Waals surface area contributed by atoms with Crippen molar-refractivity contribution < 1.29 is 4.79 Å². The van der Waals surface area contributed by atoms with Crippen LogP contribution in [-0.4, -0.2) is 33.5 Å². The molecule has 0 aliphatic heterocycles. The van der Waals surface area contributed by atoms with Crippen molar-refractivity contribution in [3.8, 4) is 0 Å². The third-order valence-electron chi connectivity index (χ3n) is 4.12. The maximum Gasteiger partial charge on any atom is 0.251 e. The first kappa shape index (κ1) is 17.2. The Bertz CT molecular complexity index is 991. The Balaban J connectivity index is 1.25. The zero-order valence-electron chi connectivity index (χ0n) is 14.6. The van der Waals surface area contributed by atoms with Gasteiger partial charge in [-0.2, -0.15) is 0 Å². The van der Waals surface area contributed by atoms with E-state index in [4.69, 9.17) is 0 Å². The van der Waals surface area contributed by atoms with Gasteiger partial charge in [0.05, 0.1) is 16.5 Å². The fourth-order valence-electron chi connectivity index (χ4n) is 2.75. The van der Waals surface area contributed by atoms with E-state index in [1.165, 1.54) is 0 Å². The first-order valence-corrected chi connectivity index (χ1v) is 9.52. The molecule has 2 heterocycles. The molecule has 4 rings (SSSR count). The zero-order chi connectivity index (χ0) is 18.5. The van der Waals surface area contributed by atoms with Gasteiger partial charge in [-0.3, -0.25) is 4.79 Å². The molecule has 6 nitrogen and oxygen atoms in total. The maximum absolute atomic E-state index is 12.3. The van der Waals surface area contributed by atoms with Crippen LogP contribution in [0.4, 0.5) is 5.13 Å². The molecule has 0 spiro atoms. The van der Waals surface area contributed by atoms with E-state index >= 15 is 0 Å². The molecule has 7 heteroatoms. The van der Waals surface area contributed by atoms with Crippen LogP contribution in [0.25, 0.3) is 10.2 Å². The van der Waals surface area contributed by atoms with Gasteiger partial charge in [0.2, 0.25) is 0 Å². The highest BCUT2D eigenvalue weighted by molar-refractivity contribution is 7.22. The Morgan fingerprint density at radius 2 is 1.93 bits per heavy atom. The van der Waals surface area contributed by atoms with Gasteiger partial charge < -0.3 is 15.2 Å². The van der Waals surface area contributed by atoms with Crippen LogP contribution in [0.3, 0.4) is 0 Å². The molecule has 0 radical (unpaired) electrons. The van der Waals surface area contributed by atoms with E-state index in [9.17, 15) is 4.79 Å². The predicted molar refractivity (Wildman–Crippen MR) is 108 cm³/mol. The number of aromatic nitrogens is 3. The van der Waals surface area contributed by atoms with E-state index in [0.29, 0.717) is 18.7 Å². The van der Waals surface area contributed by atoms with E-state index in [-0.39, 0.29) is 5.91 Å². The number of anilines is 1. The lowest BCUT2D eigenvalue weighted by atomic mass is 10.1. The lowest BCUT2D eigenvalue weighted by Crippen LogP contribution is -2.28. The Labute approximate surface area is 160 Å². The van der Waals surface area contributed by atoms with Crippen molar-refractivity contribution in [1.29, 1.82) is 0 Å². The number of benzene rings is 2. The minimum Gasteiger partial charge on any atom is -0.360 e. The van der Waals surface area contributed by atoms with Crippen LogP contribution in [-0.2, 0) is 6.54 Å². The van der Waals surface area contributed by atoms with Crippen molar-refractivity contribution in [3.63, 3.8) is 0 Å². The summed E-state index contributed by atoms with van der Waals surface area (Å²) in [4.78, 5) is 20.8. The van der Waals surface area contributed by atoms with Crippen molar-refractivity contribution in [1.82, 2.24) is 19.9 Å².